The van der Waals surface area contributed by atoms with E-state index < -0.39 is 30.2 Å². The number of carbonyl (C=O) groups excluding carboxylic acids is 2. The first-order chi connectivity index (χ1) is 7.18. The Balaban J connectivity index is 0.000000437. The Morgan fingerprint density at radius 1 is 0.941 bits per heavy atom. The molecule has 101 valence electrons. The van der Waals surface area contributed by atoms with Crippen LogP contribution in [0.5, 0.6) is 0 Å². The molecular formula is C8H16BF4NO2U-. The Bertz CT molecular complexity index is 305. The van der Waals surface area contributed by atoms with Crippen LogP contribution in [0.1, 0.15) is 12.8 Å². The number of nitrogens with zero attached hydrogens (tertiary/aromatic N) is 1. The normalized spacial score (nSPS) is 19.5. The first-order valence-electron chi connectivity index (χ1n) is 5.16. The molecule has 1 heterocycles. The van der Waals surface area contributed by atoms with E-state index in [1.807, 2.05) is 0 Å². The van der Waals surface area contributed by atoms with Crippen LogP contribution in [0, 0.1) is 23.0 Å². The van der Waals surface area contributed by atoms with Crippen molar-refractivity contribution in [2.24, 2.45) is 0 Å². The van der Waals surface area contributed by atoms with Gasteiger partial charge in [0.1, 0.15) is 0 Å². The molecule has 0 aliphatic carbocycles. The third-order valence-electron chi connectivity index (χ3n) is 1.95. The second-order valence-corrected chi connectivity index (χ2v) is 40.3. The summed E-state index contributed by atoms with van der Waals surface area (Å²) in [5.74, 6) is 0.0985. The van der Waals surface area contributed by atoms with Crippen LogP contribution in [0.15, 0.2) is 0 Å². The molecule has 0 radical (unpaired) electrons. The molecule has 1 aliphatic heterocycles. The van der Waals surface area contributed by atoms with Crippen LogP contribution < -0.4 is 0 Å². The van der Waals surface area contributed by atoms with Gasteiger partial charge < -0.3 is 17.3 Å². The van der Waals surface area contributed by atoms with Gasteiger partial charge in [0.15, 0.2) is 0 Å². The fraction of sp³-hybridized carbons (Fsp3) is 0.750. The Labute approximate surface area is 99.5 Å². The summed E-state index contributed by atoms with van der Waals surface area (Å²) in [6, 6.07) is 0. The van der Waals surface area contributed by atoms with Gasteiger partial charge in [-0.05, 0) is 0 Å². The van der Waals surface area contributed by atoms with Crippen molar-refractivity contribution in [3.05, 3.63) is 0 Å². The summed E-state index contributed by atoms with van der Waals surface area (Å²) in [7, 11) is -6.00. The molecule has 9 heteroatoms. The molecule has 0 N–H and O–H groups in total. The van der Waals surface area contributed by atoms with Gasteiger partial charge in [0, 0.05) is 0 Å². The zero-order chi connectivity index (χ0) is 14.1. The molecule has 0 aromatic heterocycles. The molecule has 0 bridgehead atoms. The van der Waals surface area contributed by atoms with E-state index >= 15 is 0 Å². The van der Waals surface area contributed by atoms with Crippen LogP contribution in [0.25, 0.3) is 0 Å². The fourth-order valence-corrected chi connectivity index (χ4v) is 10.8. The van der Waals surface area contributed by atoms with E-state index in [0.717, 1.165) is 0 Å². The zero-order valence-corrected chi connectivity index (χ0v) is 14.4. The van der Waals surface area contributed by atoms with Gasteiger partial charge in [0.05, 0.1) is 0 Å². The quantitative estimate of drug-likeness (QED) is 0.327. The molecule has 0 aromatic rings. The van der Waals surface area contributed by atoms with Gasteiger partial charge in [-0.25, -0.2) is 0 Å². The van der Waals surface area contributed by atoms with E-state index in [4.69, 9.17) is 0 Å². The maximum atomic E-state index is 11.4. The molecule has 0 aromatic carbocycles. The summed E-state index contributed by atoms with van der Waals surface area (Å²) in [6.45, 7) is 0. The SMILES string of the molecule is F[B-](F)(F)F.[CH3][U]([CH3])([CH3])([CH3])[N]1C(=O)CCC1=O. The van der Waals surface area contributed by atoms with Crippen molar-refractivity contribution >= 4 is 19.1 Å². The van der Waals surface area contributed by atoms with E-state index in [2.05, 4.69) is 15.8 Å². The molecule has 1 saturated heterocycles. The molecule has 1 aliphatic rings. The predicted octanol–water partition coefficient (Wildman–Crippen LogP) is 3.23. The van der Waals surface area contributed by atoms with E-state index in [0.29, 0.717) is 12.8 Å². The molecule has 17 heavy (non-hydrogen) atoms. The second-order valence-electron chi connectivity index (χ2n) is 6.01. The van der Waals surface area contributed by atoms with Crippen LogP contribution >= 0.6 is 0 Å². The molecule has 1 fully saturated rings. The van der Waals surface area contributed by atoms with Crippen molar-refractivity contribution in [3.8, 4) is 0 Å². The van der Waals surface area contributed by atoms with E-state index in [9.17, 15) is 26.9 Å². The Morgan fingerprint density at radius 2 is 1.18 bits per heavy atom. The van der Waals surface area contributed by atoms with Crippen molar-refractivity contribution in [3.63, 3.8) is 0 Å². The molecule has 1 rings (SSSR count). The number of rotatable bonds is 1. The Hall–Kier alpha value is -0.0231. The van der Waals surface area contributed by atoms with Crippen LogP contribution in [0.4, 0.5) is 17.3 Å². The third-order valence-corrected chi connectivity index (χ3v) is 11.5. The standard InChI is InChI=1S/C4H5NO2.4CH3.BF4.U/c6-3-1-2-4(7)5-3;;;;;2-1(3,4)5;/h1-2H2,(H,5,6,7);4*1H3;;/q;;;;;-1;+1/p-1. The van der Waals surface area contributed by atoms with Crippen LogP contribution in [0.2, 0.25) is 15.8 Å². The van der Waals surface area contributed by atoms with Crippen molar-refractivity contribution in [1.29, 1.82) is 0 Å². The molecule has 0 saturated carbocycles. The summed E-state index contributed by atoms with van der Waals surface area (Å²) < 4.78 is 49.1. The molecule has 0 atom stereocenters. The van der Waals surface area contributed by atoms with Crippen LogP contribution in [0.3, 0.4) is 0 Å². The second kappa shape index (κ2) is 4.92. The minimum absolute atomic E-state index is 0.0492. The average Bonchev–Trinajstić information content (AvgIpc) is 2.23. The number of imide groups is 1. The van der Waals surface area contributed by atoms with E-state index in [1.54, 1.807) is 2.23 Å². The summed E-state index contributed by atoms with van der Waals surface area (Å²) in [6.07, 6.45) is 0.853. The number of hydrogen-bond acceptors (Lipinski definition) is 2. The molecule has 2 amide bonds. The molecule has 3 nitrogen and oxygen atoms in total. The first-order valence-corrected chi connectivity index (χ1v) is 23.7. The fourth-order valence-electron chi connectivity index (χ4n) is 1.57. The average molecular weight is 483 g/mol. The van der Waals surface area contributed by atoms with Crippen molar-refractivity contribution in [2.75, 3.05) is 0 Å². The summed E-state index contributed by atoms with van der Waals surface area (Å²) in [5, 5.41) is 0. The monoisotopic (exact) mass is 483 g/mol. The van der Waals surface area contributed by atoms with Gasteiger partial charge in [0.25, 0.3) is 0 Å². The number of hydrogen-bond donors (Lipinski definition) is 0. The van der Waals surface area contributed by atoms with E-state index in [1.165, 1.54) is 0 Å². The van der Waals surface area contributed by atoms with Gasteiger partial charge in [-0.3, -0.25) is 0 Å². The van der Waals surface area contributed by atoms with Gasteiger partial charge in [-0.15, -0.1) is 0 Å². The van der Waals surface area contributed by atoms with Crippen LogP contribution in [-0.2, 0) is 9.59 Å². The van der Waals surface area contributed by atoms with Gasteiger partial charge in [0.2, 0.25) is 0 Å². The van der Waals surface area contributed by atoms with Crippen molar-refractivity contribution in [1.82, 2.24) is 2.23 Å². The number of halogens is 4. The van der Waals surface area contributed by atoms with Gasteiger partial charge in [-0.2, -0.15) is 0 Å². The topological polar surface area (TPSA) is 37.4 Å². The van der Waals surface area contributed by atoms with Crippen molar-refractivity contribution in [2.45, 2.75) is 28.7 Å². The maximum absolute atomic E-state index is 11.4. The van der Waals surface area contributed by atoms with Gasteiger partial charge in [-0.1, -0.05) is 0 Å². The third kappa shape index (κ3) is 7.09. The molecule has 0 unspecified atom stereocenters. The van der Waals surface area contributed by atoms with Gasteiger partial charge >= 0.3 is 82.5 Å². The van der Waals surface area contributed by atoms with Crippen LogP contribution in [-0.4, -0.2) is 21.3 Å². The van der Waals surface area contributed by atoms with E-state index in [-0.39, 0.29) is 11.8 Å². The zero-order valence-electron chi connectivity index (χ0n) is 10.3. The number of amides is 2. The first kappa shape index (κ1) is 17.0. The Kier molecular flexibility index (Phi) is 4.92. The van der Waals surface area contributed by atoms with Crippen molar-refractivity contribution < 1.29 is 49.8 Å². The molecular weight excluding hydrogens is 467 g/mol. The summed E-state index contributed by atoms with van der Waals surface area (Å²) in [5.41, 5.74) is 0. The Morgan fingerprint density at radius 3 is 1.29 bits per heavy atom. The summed E-state index contributed by atoms with van der Waals surface area (Å²) in [4.78, 5) is 22.8. The minimum atomic E-state index is -6.00. The predicted molar refractivity (Wildman–Crippen MR) is 54.7 cm³/mol. The number of carbonyl (C=O) groups is 2. The molecule has 0 spiro atoms. The summed E-state index contributed by atoms with van der Waals surface area (Å²) >= 11 is -3.21.